The van der Waals surface area contributed by atoms with Crippen molar-refractivity contribution in [1.29, 1.82) is 0 Å². The van der Waals surface area contributed by atoms with Crippen LogP contribution in [0.5, 0.6) is 5.75 Å². The zero-order chi connectivity index (χ0) is 15.2. The van der Waals surface area contributed by atoms with E-state index >= 15 is 0 Å². The van der Waals surface area contributed by atoms with Crippen molar-refractivity contribution in [3.63, 3.8) is 0 Å². The lowest BCUT2D eigenvalue weighted by Gasteiger charge is -2.11. The summed E-state index contributed by atoms with van der Waals surface area (Å²) in [5.41, 5.74) is 1.76. The first-order valence-corrected chi connectivity index (χ1v) is 7.29. The molecule has 2 aromatic heterocycles. The molecule has 0 aliphatic carbocycles. The molecule has 0 saturated carbocycles. The van der Waals surface area contributed by atoms with Gasteiger partial charge in [0, 0.05) is 18.4 Å². The molecule has 21 heavy (non-hydrogen) atoms. The second-order valence-electron chi connectivity index (χ2n) is 4.79. The molecule has 0 fully saturated rings. The minimum Gasteiger partial charge on any atom is -0.489 e. The van der Waals surface area contributed by atoms with Crippen molar-refractivity contribution in [3.8, 4) is 17.0 Å². The number of ether oxygens (including phenoxy) is 2. The van der Waals surface area contributed by atoms with Crippen LogP contribution in [0.15, 0.2) is 24.5 Å². The van der Waals surface area contributed by atoms with Gasteiger partial charge in [-0.15, -0.1) is 0 Å². The van der Waals surface area contributed by atoms with Gasteiger partial charge in [-0.1, -0.05) is 12.2 Å². The van der Waals surface area contributed by atoms with E-state index in [0.717, 1.165) is 17.0 Å². The van der Waals surface area contributed by atoms with E-state index in [1.807, 2.05) is 26.8 Å². The molecule has 0 amide bonds. The van der Waals surface area contributed by atoms with Crippen molar-refractivity contribution in [2.24, 2.45) is 0 Å². The number of nitrogens with zero attached hydrogens (tertiary/aromatic N) is 2. The maximum atomic E-state index is 5.66. The minimum absolute atomic E-state index is 0.103. The van der Waals surface area contributed by atoms with Gasteiger partial charge in [-0.2, -0.15) is 0 Å². The number of H-pyrrole nitrogens is 1. The molecular formula is C15H19N3O2S. The molecule has 0 saturated heterocycles. The van der Waals surface area contributed by atoms with Crippen molar-refractivity contribution in [3.05, 3.63) is 35.0 Å². The maximum absolute atomic E-state index is 5.66. The molecule has 5 nitrogen and oxygen atoms in total. The number of hydrogen-bond acceptors (Lipinski definition) is 5. The lowest BCUT2D eigenvalue weighted by Crippen LogP contribution is -2.06. The number of nitrogens with one attached hydrogen (secondary N) is 1. The summed E-state index contributed by atoms with van der Waals surface area (Å²) in [6.07, 6.45) is 3.56. The van der Waals surface area contributed by atoms with E-state index in [4.69, 9.17) is 21.7 Å². The van der Waals surface area contributed by atoms with Gasteiger partial charge in [-0.05, 0) is 32.9 Å². The smallest absolute Gasteiger partial charge is 0.138 e. The molecule has 2 aromatic rings. The highest BCUT2D eigenvalue weighted by atomic mass is 32.1. The summed E-state index contributed by atoms with van der Waals surface area (Å²) in [7, 11) is 0. The lowest BCUT2D eigenvalue weighted by atomic mass is 10.2. The SMILES string of the molecule is CCOCc1nc(=S)cc(-c2cncc(OC(C)C)c2)[nH]1. The fraction of sp³-hybridized carbons (Fsp3) is 0.400. The summed E-state index contributed by atoms with van der Waals surface area (Å²) in [6, 6.07) is 3.74. The second-order valence-corrected chi connectivity index (χ2v) is 5.21. The van der Waals surface area contributed by atoms with E-state index in [2.05, 4.69) is 15.0 Å². The van der Waals surface area contributed by atoms with Crippen molar-refractivity contribution in [2.75, 3.05) is 6.61 Å². The highest BCUT2D eigenvalue weighted by molar-refractivity contribution is 7.71. The van der Waals surface area contributed by atoms with Crippen molar-refractivity contribution in [1.82, 2.24) is 15.0 Å². The van der Waals surface area contributed by atoms with Crippen LogP contribution in [0.2, 0.25) is 0 Å². The zero-order valence-electron chi connectivity index (χ0n) is 12.4. The number of aromatic amines is 1. The number of rotatable bonds is 6. The standard InChI is InChI=1S/C15H19N3O2S/c1-4-19-9-14-17-13(6-15(21)18-14)11-5-12(8-16-7-11)20-10(2)3/h5-8,10H,4,9H2,1-3H3,(H,17,18,21). The third-order valence-electron chi connectivity index (χ3n) is 2.63. The van der Waals surface area contributed by atoms with Gasteiger partial charge in [0.2, 0.25) is 0 Å². The largest absolute Gasteiger partial charge is 0.489 e. The average Bonchev–Trinajstić information content (AvgIpc) is 2.44. The van der Waals surface area contributed by atoms with Crippen LogP contribution in [0.3, 0.4) is 0 Å². The van der Waals surface area contributed by atoms with Gasteiger partial charge in [0.1, 0.15) is 22.8 Å². The van der Waals surface area contributed by atoms with Crippen LogP contribution < -0.4 is 4.74 Å². The molecule has 112 valence electrons. The maximum Gasteiger partial charge on any atom is 0.138 e. The monoisotopic (exact) mass is 305 g/mol. The molecule has 0 radical (unpaired) electrons. The summed E-state index contributed by atoms with van der Waals surface area (Å²) in [6.45, 7) is 6.93. The predicted molar refractivity (Wildman–Crippen MR) is 83.7 cm³/mol. The van der Waals surface area contributed by atoms with Crippen LogP contribution in [-0.4, -0.2) is 27.7 Å². The minimum atomic E-state index is 0.103. The molecule has 0 spiro atoms. The Morgan fingerprint density at radius 2 is 2.10 bits per heavy atom. The molecular weight excluding hydrogens is 286 g/mol. The Kier molecular flexibility index (Phi) is 5.41. The normalized spacial score (nSPS) is 10.9. The lowest BCUT2D eigenvalue weighted by molar-refractivity contribution is 0.128. The second kappa shape index (κ2) is 7.28. The summed E-state index contributed by atoms with van der Waals surface area (Å²) in [4.78, 5) is 11.7. The van der Waals surface area contributed by atoms with Gasteiger partial charge in [-0.3, -0.25) is 4.98 Å². The molecule has 0 bridgehead atoms. The highest BCUT2D eigenvalue weighted by Gasteiger charge is 2.05. The number of pyridine rings is 1. The van der Waals surface area contributed by atoms with Gasteiger partial charge in [-0.25, -0.2) is 4.98 Å². The molecule has 2 rings (SSSR count). The Hall–Kier alpha value is -1.79. The van der Waals surface area contributed by atoms with E-state index in [0.29, 0.717) is 23.7 Å². The van der Waals surface area contributed by atoms with Crippen LogP contribution in [0.4, 0.5) is 0 Å². The average molecular weight is 305 g/mol. The van der Waals surface area contributed by atoms with Crippen molar-refractivity contribution < 1.29 is 9.47 Å². The Balaban J connectivity index is 2.32. The Bertz CT molecular complexity index is 655. The molecule has 0 aromatic carbocycles. The van der Waals surface area contributed by atoms with Crippen LogP contribution in [0.1, 0.15) is 26.6 Å². The van der Waals surface area contributed by atoms with E-state index < -0.39 is 0 Å². The Morgan fingerprint density at radius 3 is 2.81 bits per heavy atom. The Morgan fingerprint density at radius 1 is 1.29 bits per heavy atom. The topological polar surface area (TPSA) is 60.0 Å². The first-order valence-electron chi connectivity index (χ1n) is 6.88. The van der Waals surface area contributed by atoms with E-state index in [1.165, 1.54) is 0 Å². The van der Waals surface area contributed by atoms with Gasteiger partial charge >= 0.3 is 0 Å². The van der Waals surface area contributed by atoms with Gasteiger partial charge < -0.3 is 14.5 Å². The molecule has 0 aliphatic heterocycles. The molecule has 0 unspecified atom stereocenters. The molecule has 6 heteroatoms. The van der Waals surface area contributed by atoms with Crippen LogP contribution in [0.25, 0.3) is 11.3 Å². The van der Waals surface area contributed by atoms with Gasteiger partial charge in [0.25, 0.3) is 0 Å². The summed E-state index contributed by atoms with van der Waals surface area (Å²) in [5, 5.41) is 0. The third-order valence-corrected chi connectivity index (χ3v) is 2.84. The van der Waals surface area contributed by atoms with E-state index in [9.17, 15) is 0 Å². The number of hydrogen-bond donors (Lipinski definition) is 1. The van der Waals surface area contributed by atoms with Gasteiger partial charge in [0.15, 0.2) is 0 Å². The number of aromatic nitrogens is 3. The van der Waals surface area contributed by atoms with Crippen LogP contribution >= 0.6 is 12.2 Å². The first kappa shape index (κ1) is 15.6. The van der Waals surface area contributed by atoms with E-state index in [1.54, 1.807) is 18.5 Å². The third kappa shape index (κ3) is 4.61. The molecule has 0 atom stereocenters. The fourth-order valence-electron chi connectivity index (χ4n) is 1.83. The fourth-order valence-corrected chi connectivity index (χ4v) is 2.06. The summed E-state index contributed by atoms with van der Waals surface area (Å²) in [5.74, 6) is 1.43. The van der Waals surface area contributed by atoms with Crippen molar-refractivity contribution in [2.45, 2.75) is 33.5 Å². The van der Waals surface area contributed by atoms with Crippen LogP contribution in [-0.2, 0) is 11.3 Å². The van der Waals surface area contributed by atoms with E-state index in [-0.39, 0.29) is 6.10 Å². The quantitative estimate of drug-likeness (QED) is 0.827. The summed E-state index contributed by atoms with van der Waals surface area (Å²) < 4.78 is 11.5. The molecule has 0 aliphatic rings. The highest BCUT2D eigenvalue weighted by Crippen LogP contribution is 2.21. The predicted octanol–water partition coefficient (Wildman–Crippen LogP) is 3.52. The first-order chi connectivity index (χ1) is 10.1. The summed E-state index contributed by atoms with van der Waals surface area (Å²) >= 11 is 5.20. The zero-order valence-corrected chi connectivity index (χ0v) is 13.2. The van der Waals surface area contributed by atoms with Crippen LogP contribution in [0, 0.1) is 4.64 Å². The molecule has 2 heterocycles. The van der Waals surface area contributed by atoms with Gasteiger partial charge in [0.05, 0.1) is 18.0 Å². The Labute approximate surface area is 129 Å². The molecule has 1 N–H and O–H groups in total. The van der Waals surface area contributed by atoms with Crippen molar-refractivity contribution >= 4 is 12.2 Å².